The van der Waals surface area contributed by atoms with Crippen molar-refractivity contribution in [2.45, 2.75) is 0 Å². The Labute approximate surface area is 357 Å². The molecule has 0 aliphatic heterocycles. The van der Waals surface area contributed by atoms with Crippen molar-refractivity contribution < 1.29 is 0 Å². The molecule has 0 atom stereocenters. The average molecular weight is 789 g/mol. The van der Waals surface area contributed by atoms with E-state index in [0.717, 1.165) is 88.2 Å². The van der Waals surface area contributed by atoms with Crippen LogP contribution in [-0.4, -0.2) is 14.5 Å². The van der Waals surface area contributed by atoms with Crippen LogP contribution in [0.5, 0.6) is 0 Å². The van der Waals surface area contributed by atoms with Crippen molar-refractivity contribution in [3.63, 3.8) is 0 Å². The Hall–Kier alpha value is -8.34. The standard InChI is InChI=1S/C58H36N4/c1-3-17-43(18-4-1)61(44-19-5-2-6-20-44)46-28-30-49-51(36-46)47-21-11-12-22-48(47)56-57(49)60-58-52(59-56)31-32-53-55(58)50-29-26-42(41-24-23-37-13-7-9-15-39(37)33-41)35-54(50)62(53)45-27-25-38-14-8-10-16-40(38)34-45/h1-36H. The van der Waals surface area contributed by atoms with Gasteiger partial charge in [0.05, 0.1) is 33.1 Å². The minimum absolute atomic E-state index is 0.877. The van der Waals surface area contributed by atoms with E-state index in [1.165, 1.54) is 32.7 Å². The molecule has 0 N–H and O–H groups in total. The number of fused-ring (bicyclic) bond motifs is 13. The number of rotatable bonds is 5. The molecule has 0 saturated carbocycles. The maximum Gasteiger partial charge on any atom is 0.0995 e. The number of hydrogen-bond donors (Lipinski definition) is 0. The van der Waals surface area contributed by atoms with Crippen LogP contribution in [0.3, 0.4) is 0 Å². The Morgan fingerprint density at radius 3 is 1.66 bits per heavy atom. The van der Waals surface area contributed by atoms with Crippen molar-refractivity contribution in [2.24, 2.45) is 0 Å². The Balaban J connectivity index is 1.09. The molecule has 288 valence electrons. The first kappa shape index (κ1) is 34.5. The van der Waals surface area contributed by atoms with Gasteiger partial charge in [0.2, 0.25) is 0 Å². The first-order valence-corrected chi connectivity index (χ1v) is 21.2. The number of nitrogens with zero attached hydrogens (tertiary/aromatic N) is 4. The van der Waals surface area contributed by atoms with Gasteiger partial charge >= 0.3 is 0 Å². The van der Waals surface area contributed by atoms with Gasteiger partial charge in [-0.2, -0.15) is 0 Å². The summed E-state index contributed by atoms with van der Waals surface area (Å²) in [4.78, 5) is 13.5. The number of aromatic nitrogens is 3. The second kappa shape index (κ2) is 13.6. The normalized spacial score (nSPS) is 11.9. The van der Waals surface area contributed by atoms with Gasteiger partial charge in [0.1, 0.15) is 0 Å². The van der Waals surface area contributed by atoms with Crippen LogP contribution in [0.15, 0.2) is 218 Å². The SMILES string of the molecule is c1ccc(N(c2ccccc2)c2ccc3c(c2)c2ccccc2c2nc4ccc5c(c6ccc(-c7ccc8ccccc8c7)cc6n5-c5ccc6ccccc6c5)c4nc32)cc1. The Bertz CT molecular complexity index is 3890. The first-order chi connectivity index (χ1) is 30.7. The third kappa shape index (κ3) is 5.33. The highest BCUT2D eigenvalue weighted by molar-refractivity contribution is 6.27. The summed E-state index contributed by atoms with van der Waals surface area (Å²) in [6, 6.07) is 78.6. The largest absolute Gasteiger partial charge is 0.310 e. The van der Waals surface area contributed by atoms with Gasteiger partial charge in [0, 0.05) is 44.3 Å². The number of anilines is 3. The van der Waals surface area contributed by atoms with Gasteiger partial charge in [-0.25, -0.2) is 9.97 Å². The van der Waals surface area contributed by atoms with Crippen molar-refractivity contribution in [2.75, 3.05) is 4.90 Å². The van der Waals surface area contributed by atoms with Crippen LogP contribution in [0, 0.1) is 0 Å². The summed E-state index contributed by atoms with van der Waals surface area (Å²) in [6.45, 7) is 0. The molecular weight excluding hydrogens is 753 g/mol. The highest BCUT2D eigenvalue weighted by Gasteiger charge is 2.21. The van der Waals surface area contributed by atoms with E-state index in [1.807, 2.05) is 0 Å². The molecule has 2 aromatic heterocycles. The molecule has 4 nitrogen and oxygen atoms in total. The Morgan fingerprint density at radius 2 is 0.903 bits per heavy atom. The van der Waals surface area contributed by atoms with Gasteiger partial charge in [-0.1, -0.05) is 146 Å². The van der Waals surface area contributed by atoms with Gasteiger partial charge in [0.15, 0.2) is 0 Å². The van der Waals surface area contributed by atoms with Crippen molar-refractivity contribution >= 4 is 104 Å². The molecule has 11 aromatic carbocycles. The number of para-hydroxylation sites is 2. The maximum atomic E-state index is 5.71. The Kier molecular flexibility index (Phi) is 7.57. The first-order valence-electron chi connectivity index (χ1n) is 21.2. The molecule has 0 saturated heterocycles. The van der Waals surface area contributed by atoms with Gasteiger partial charge in [-0.15, -0.1) is 0 Å². The van der Waals surface area contributed by atoms with E-state index in [1.54, 1.807) is 0 Å². The second-order valence-electron chi connectivity index (χ2n) is 16.2. The van der Waals surface area contributed by atoms with Crippen LogP contribution in [0.2, 0.25) is 0 Å². The molecule has 13 aromatic rings. The summed E-state index contributed by atoms with van der Waals surface area (Å²) in [5.41, 5.74) is 12.6. The smallest absolute Gasteiger partial charge is 0.0995 e. The summed E-state index contributed by atoms with van der Waals surface area (Å²) in [6.07, 6.45) is 0. The topological polar surface area (TPSA) is 34.0 Å². The molecular formula is C58H36N4. The lowest BCUT2D eigenvalue weighted by Gasteiger charge is -2.26. The fourth-order valence-electron chi connectivity index (χ4n) is 9.77. The van der Waals surface area contributed by atoms with Crippen LogP contribution in [0.4, 0.5) is 17.1 Å². The van der Waals surface area contributed by atoms with Crippen LogP contribution >= 0.6 is 0 Å². The third-order valence-electron chi connectivity index (χ3n) is 12.7. The van der Waals surface area contributed by atoms with E-state index in [0.29, 0.717) is 0 Å². The van der Waals surface area contributed by atoms with Crippen LogP contribution in [0.1, 0.15) is 0 Å². The molecule has 0 unspecified atom stereocenters. The molecule has 0 radical (unpaired) electrons. The van der Waals surface area contributed by atoms with E-state index in [-0.39, 0.29) is 0 Å². The lowest BCUT2D eigenvalue weighted by Crippen LogP contribution is -2.09. The number of benzene rings is 11. The van der Waals surface area contributed by atoms with E-state index >= 15 is 0 Å². The van der Waals surface area contributed by atoms with Crippen LogP contribution in [-0.2, 0) is 0 Å². The predicted molar refractivity (Wildman–Crippen MR) is 262 cm³/mol. The van der Waals surface area contributed by atoms with Gasteiger partial charge in [-0.05, 0) is 116 Å². The van der Waals surface area contributed by atoms with Crippen LogP contribution in [0.25, 0.3) is 104 Å². The minimum Gasteiger partial charge on any atom is -0.310 e. The molecule has 13 rings (SSSR count). The van der Waals surface area contributed by atoms with Crippen molar-refractivity contribution in [1.29, 1.82) is 0 Å². The fourth-order valence-corrected chi connectivity index (χ4v) is 9.77. The molecule has 0 fully saturated rings. The monoisotopic (exact) mass is 788 g/mol. The van der Waals surface area contributed by atoms with E-state index in [9.17, 15) is 0 Å². The lowest BCUT2D eigenvalue weighted by atomic mass is 9.98. The maximum absolute atomic E-state index is 5.71. The van der Waals surface area contributed by atoms with Gasteiger partial charge in [0.25, 0.3) is 0 Å². The molecule has 0 spiro atoms. The molecule has 2 heterocycles. The molecule has 62 heavy (non-hydrogen) atoms. The zero-order valence-corrected chi connectivity index (χ0v) is 33.6. The van der Waals surface area contributed by atoms with E-state index in [2.05, 4.69) is 228 Å². The van der Waals surface area contributed by atoms with E-state index in [4.69, 9.17) is 9.97 Å². The molecule has 0 aliphatic carbocycles. The molecule has 0 amide bonds. The molecule has 4 heteroatoms. The van der Waals surface area contributed by atoms with Gasteiger partial charge in [-0.3, -0.25) is 0 Å². The van der Waals surface area contributed by atoms with Crippen molar-refractivity contribution in [3.8, 4) is 16.8 Å². The summed E-state index contributed by atoms with van der Waals surface area (Å²) >= 11 is 0. The Morgan fingerprint density at radius 1 is 0.323 bits per heavy atom. The summed E-state index contributed by atoms with van der Waals surface area (Å²) in [5, 5.41) is 11.6. The van der Waals surface area contributed by atoms with E-state index < -0.39 is 0 Å². The van der Waals surface area contributed by atoms with Gasteiger partial charge < -0.3 is 9.47 Å². The zero-order valence-electron chi connectivity index (χ0n) is 33.6. The third-order valence-corrected chi connectivity index (χ3v) is 12.7. The average Bonchev–Trinajstić information content (AvgIpc) is 3.68. The second-order valence-corrected chi connectivity index (χ2v) is 16.2. The quantitative estimate of drug-likeness (QED) is 0.129. The fraction of sp³-hybridized carbons (Fsp3) is 0. The zero-order chi connectivity index (χ0) is 40.7. The summed E-state index contributed by atoms with van der Waals surface area (Å²) < 4.78 is 2.42. The summed E-state index contributed by atoms with van der Waals surface area (Å²) in [7, 11) is 0. The molecule has 0 aliphatic rings. The number of hydrogen-bond acceptors (Lipinski definition) is 3. The predicted octanol–water partition coefficient (Wildman–Crippen LogP) is 15.6. The van der Waals surface area contributed by atoms with Crippen molar-refractivity contribution in [3.05, 3.63) is 218 Å². The highest BCUT2D eigenvalue weighted by atomic mass is 15.1. The van der Waals surface area contributed by atoms with Crippen molar-refractivity contribution in [1.82, 2.24) is 14.5 Å². The minimum atomic E-state index is 0.877. The van der Waals surface area contributed by atoms with Crippen LogP contribution < -0.4 is 4.90 Å². The lowest BCUT2D eigenvalue weighted by molar-refractivity contribution is 1.19. The molecule has 0 bridgehead atoms. The highest BCUT2D eigenvalue weighted by Crippen LogP contribution is 2.43. The summed E-state index contributed by atoms with van der Waals surface area (Å²) in [5.74, 6) is 0.